The van der Waals surface area contributed by atoms with E-state index < -0.39 is 8.80 Å². The molecule has 27 heavy (non-hydrogen) atoms. The van der Waals surface area contributed by atoms with Crippen LogP contribution in [0.15, 0.2) is 0 Å². The van der Waals surface area contributed by atoms with Crippen molar-refractivity contribution in [3.05, 3.63) is 0 Å². The third kappa shape index (κ3) is 17.9. The van der Waals surface area contributed by atoms with Crippen LogP contribution in [0.1, 0.15) is 123 Å². The van der Waals surface area contributed by atoms with Crippen LogP contribution < -0.4 is 0 Å². The second-order valence-corrected chi connectivity index (χ2v) is 11.1. The number of hydrogen-bond acceptors (Lipinski definition) is 3. The molecular formula is C23H50O3Si. The van der Waals surface area contributed by atoms with Gasteiger partial charge in [0.05, 0.1) is 0 Å². The summed E-state index contributed by atoms with van der Waals surface area (Å²) in [7, 11) is 0.984. The van der Waals surface area contributed by atoms with Gasteiger partial charge in [-0.25, -0.2) is 0 Å². The largest absolute Gasteiger partial charge is 0.497 e. The molecule has 1 atom stereocenters. The maximum Gasteiger partial charge on any atom is 0.497 e. The van der Waals surface area contributed by atoms with Gasteiger partial charge in [-0.05, 0) is 13.3 Å². The van der Waals surface area contributed by atoms with Crippen LogP contribution in [0.2, 0.25) is 6.55 Å². The van der Waals surface area contributed by atoms with E-state index in [1.165, 1.54) is 103 Å². The third-order valence-corrected chi connectivity index (χ3v) is 7.93. The molecule has 0 amide bonds. The molecule has 0 aromatic heterocycles. The van der Waals surface area contributed by atoms with Crippen LogP contribution in [0.3, 0.4) is 0 Å². The molecule has 0 aromatic rings. The minimum absolute atomic E-state index is 0.230. The third-order valence-electron chi connectivity index (χ3n) is 5.62. The molecular weight excluding hydrogens is 352 g/mol. The Kier molecular flexibility index (Phi) is 19.5. The monoisotopic (exact) mass is 402 g/mol. The lowest BCUT2D eigenvalue weighted by atomic mass is 10.0. The molecule has 0 saturated carbocycles. The molecule has 0 fully saturated rings. The average molecular weight is 403 g/mol. The van der Waals surface area contributed by atoms with Crippen molar-refractivity contribution in [2.24, 2.45) is 0 Å². The molecule has 0 N–H and O–H groups in total. The van der Waals surface area contributed by atoms with E-state index in [-0.39, 0.29) is 6.10 Å². The summed E-state index contributed by atoms with van der Waals surface area (Å²) in [6, 6.07) is 0. The maximum atomic E-state index is 5.95. The Morgan fingerprint density at radius 1 is 0.593 bits per heavy atom. The van der Waals surface area contributed by atoms with Gasteiger partial charge in [-0.1, -0.05) is 110 Å². The van der Waals surface area contributed by atoms with Crippen LogP contribution >= 0.6 is 0 Å². The Balaban J connectivity index is 3.25. The summed E-state index contributed by atoms with van der Waals surface area (Å²) in [6.07, 6.45) is 23.9. The quantitative estimate of drug-likeness (QED) is 0.144. The van der Waals surface area contributed by atoms with Crippen LogP contribution in [-0.4, -0.2) is 29.1 Å². The second-order valence-electron chi connectivity index (χ2n) is 8.29. The Hall–Kier alpha value is 0.0969. The minimum atomic E-state index is -2.37. The lowest BCUT2D eigenvalue weighted by Gasteiger charge is -2.26. The van der Waals surface area contributed by atoms with Gasteiger partial charge in [0.15, 0.2) is 0 Å². The van der Waals surface area contributed by atoms with E-state index in [0.29, 0.717) is 0 Å². The van der Waals surface area contributed by atoms with Gasteiger partial charge in [0.1, 0.15) is 0 Å². The Labute approximate surface area is 172 Å². The first-order chi connectivity index (χ1) is 13.1. The van der Waals surface area contributed by atoms with Crippen LogP contribution in [0.4, 0.5) is 0 Å². The van der Waals surface area contributed by atoms with Crippen molar-refractivity contribution in [2.45, 2.75) is 136 Å². The highest BCUT2D eigenvalue weighted by Crippen LogP contribution is 2.16. The molecule has 4 heteroatoms. The highest BCUT2D eigenvalue weighted by molar-refractivity contribution is 6.59. The Morgan fingerprint density at radius 3 is 1.26 bits per heavy atom. The van der Waals surface area contributed by atoms with Crippen LogP contribution in [-0.2, 0) is 13.3 Å². The van der Waals surface area contributed by atoms with Crippen molar-refractivity contribution in [3.8, 4) is 0 Å². The fourth-order valence-electron chi connectivity index (χ4n) is 3.58. The normalized spacial score (nSPS) is 13.2. The van der Waals surface area contributed by atoms with Gasteiger partial charge >= 0.3 is 8.80 Å². The van der Waals surface area contributed by atoms with Gasteiger partial charge in [-0.3, -0.25) is 0 Å². The zero-order valence-electron chi connectivity index (χ0n) is 19.3. The van der Waals surface area contributed by atoms with Gasteiger partial charge in [0, 0.05) is 26.9 Å². The number of unbranched alkanes of at least 4 members (excludes halogenated alkanes) is 15. The molecule has 0 aliphatic carbocycles. The summed E-state index contributed by atoms with van der Waals surface area (Å²) in [4.78, 5) is 0. The van der Waals surface area contributed by atoms with E-state index in [9.17, 15) is 0 Å². The van der Waals surface area contributed by atoms with Crippen molar-refractivity contribution in [2.75, 3.05) is 14.2 Å². The first kappa shape index (κ1) is 27.1. The lowest BCUT2D eigenvalue weighted by Crippen LogP contribution is -2.42. The van der Waals surface area contributed by atoms with Crippen molar-refractivity contribution < 1.29 is 13.3 Å². The van der Waals surface area contributed by atoms with Gasteiger partial charge in [0.2, 0.25) is 0 Å². The fraction of sp³-hybridized carbons (Fsp3) is 1.00. The molecule has 0 spiro atoms. The molecule has 0 aliphatic rings. The summed E-state index contributed by atoms with van der Waals surface area (Å²) in [6.45, 7) is 6.38. The molecule has 0 heterocycles. The van der Waals surface area contributed by atoms with Crippen LogP contribution in [0.5, 0.6) is 0 Å². The number of rotatable bonds is 21. The van der Waals surface area contributed by atoms with E-state index in [0.717, 1.165) is 6.42 Å². The predicted molar refractivity (Wildman–Crippen MR) is 120 cm³/mol. The summed E-state index contributed by atoms with van der Waals surface area (Å²) >= 11 is 0. The minimum Gasteiger partial charge on any atom is -0.377 e. The zero-order valence-corrected chi connectivity index (χ0v) is 20.3. The van der Waals surface area contributed by atoms with Gasteiger partial charge < -0.3 is 13.3 Å². The summed E-state index contributed by atoms with van der Waals surface area (Å²) in [5.41, 5.74) is 0. The van der Waals surface area contributed by atoms with Crippen molar-refractivity contribution in [1.29, 1.82) is 0 Å². The molecule has 0 bridgehead atoms. The van der Waals surface area contributed by atoms with E-state index in [4.69, 9.17) is 13.3 Å². The molecule has 0 aliphatic heterocycles. The standard InChI is InChI=1S/C23H50O3Si/c1-6-7-8-9-10-11-12-13-14-15-16-17-18-19-20-21-22-23(2)26-27(5,24-3)25-4/h23H,6-22H2,1-5H3. The first-order valence-electron chi connectivity index (χ1n) is 11.9. The van der Waals surface area contributed by atoms with E-state index in [2.05, 4.69) is 13.8 Å². The molecule has 0 saturated heterocycles. The summed E-state index contributed by atoms with van der Waals surface area (Å²) < 4.78 is 16.7. The van der Waals surface area contributed by atoms with Crippen molar-refractivity contribution in [3.63, 3.8) is 0 Å². The highest BCUT2D eigenvalue weighted by atomic mass is 28.4. The van der Waals surface area contributed by atoms with E-state index in [1.807, 2.05) is 6.55 Å². The molecule has 0 radical (unpaired) electrons. The second kappa shape index (κ2) is 19.4. The van der Waals surface area contributed by atoms with Crippen LogP contribution in [0.25, 0.3) is 0 Å². The van der Waals surface area contributed by atoms with Gasteiger partial charge in [-0.2, -0.15) is 0 Å². The summed E-state index contributed by atoms with van der Waals surface area (Å²) in [5, 5.41) is 0. The topological polar surface area (TPSA) is 27.7 Å². The lowest BCUT2D eigenvalue weighted by molar-refractivity contribution is 0.0641. The molecule has 164 valence electrons. The van der Waals surface area contributed by atoms with Crippen molar-refractivity contribution >= 4 is 8.80 Å². The fourth-order valence-corrected chi connectivity index (χ4v) is 4.79. The molecule has 0 rings (SSSR count). The SMILES string of the molecule is CCCCCCCCCCCCCCCCCCC(C)O[Si](C)(OC)OC. The molecule has 0 aromatic carbocycles. The van der Waals surface area contributed by atoms with E-state index >= 15 is 0 Å². The highest BCUT2D eigenvalue weighted by Gasteiger charge is 2.33. The van der Waals surface area contributed by atoms with E-state index in [1.54, 1.807) is 14.2 Å². The predicted octanol–water partition coefficient (Wildman–Crippen LogP) is 7.90. The van der Waals surface area contributed by atoms with Crippen molar-refractivity contribution in [1.82, 2.24) is 0 Å². The Bertz CT molecular complexity index is 295. The first-order valence-corrected chi connectivity index (χ1v) is 14.1. The van der Waals surface area contributed by atoms with Gasteiger partial charge in [-0.15, -0.1) is 0 Å². The summed E-state index contributed by atoms with van der Waals surface area (Å²) in [5.74, 6) is 0. The van der Waals surface area contributed by atoms with Crippen LogP contribution in [0, 0.1) is 0 Å². The maximum absolute atomic E-state index is 5.95. The molecule has 1 unspecified atom stereocenters. The average Bonchev–Trinajstić information content (AvgIpc) is 2.67. The molecule has 3 nitrogen and oxygen atoms in total. The Morgan fingerprint density at radius 2 is 0.926 bits per heavy atom. The van der Waals surface area contributed by atoms with Gasteiger partial charge in [0.25, 0.3) is 0 Å². The smallest absolute Gasteiger partial charge is 0.377 e. The number of hydrogen-bond donors (Lipinski definition) is 0. The zero-order chi connectivity index (χ0) is 20.2.